The van der Waals surface area contributed by atoms with Gasteiger partial charge in [-0.25, -0.2) is 8.42 Å². The quantitative estimate of drug-likeness (QED) is 0.858. The Hall–Kier alpha value is -0.910. The fraction of sp³-hybridized carbons (Fsp3) is 0.647. The van der Waals surface area contributed by atoms with Crippen LogP contribution in [0.1, 0.15) is 40.7 Å². The van der Waals surface area contributed by atoms with E-state index in [9.17, 15) is 8.42 Å². The van der Waals surface area contributed by atoms with Crippen molar-refractivity contribution in [1.29, 1.82) is 0 Å². The van der Waals surface area contributed by atoms with Crippen molar-refractivity contribution in [2.75, 3.05) is 20.2 Å². The van der Waals surface area contributed by atoms with Gasteiger partial charge in [0.25, 0.3) is 0 Å². The highest BCUT2D eigenvalue weighted by Gasteiger charge is 2.32. The van der Waals surface area contributed by atoms with E-state index in [1.807, 2.05) is 27.7 Å². The SMILES string of the molecule is COC1CCN(S(=O)(=O)c2c(C)c(C)c(C)c(C)c2C)CC1. The lowest BCUT2D eigenvalue weighted by molar-refractivity contribution is 0.0604. The van der Waals surface area contributed by atoms with Crippen LogP contribution in [0.4, 0.5) is 0 Å². The molecule has 0 spiro atoms. The zero-order valence-electron chi connectivity index (χ0n) is 14.5. The number of ether oxygens (including phenoxy) is 1. The van der Waals surface area contributed by atoms with Crippen LogP contribution in [0.25, 0.3) is 0 Å². The first-order chi connectivity index (χ1) is 10.2. The molecule has 1 fully saturated rings. The monoisotopic (exact) mass is 325 g/mol. The highest BCUT2D eigenvalue weighted by Crippen LogP contribution is 2.32. The molecule has 2 rings (SSSR count). The maximum absolute atomic E-state index is 13.1. The topological polar surface area (TPSA) is 46.6 Å². The minimum Gasteiger partial charge on any atom is -0.381 e. The summed E-state index contributed by atoms with van der Waals surface area (Å²) in [6, 6.07) is 0. The molecule has 1 aliphatic heterocycles. The van der Waals surface area contributed by atoms with Gasteiger partial charge in [-0.05, 0) is 75.3 Å². The van der Waals surface area contributed by atoms with Gasteiger partial charge in [-0.3, -0.25) is 0 Å². The van der Waals surface area contributed by atoms with Crippen LogP contribution >= 0.6 is 0 Å². The Labute approximate surface area is 134 Å². The molecule has 1 aromatic carbocycles. The molecule has 0 aromatic heterocycles. The highest BCUT2D eigenvalue weighted by atomic mass is 32.2. The number of hydrogen-bond donors (Lipinski definition) is 0. The molecule has 0 amide bonds. The second-order valence-corrected chi connectivity index (χ2v) is 8.17. The summed E-state index contributed by atoms with van der Waals surface area (Å²) in [5.74, 6) is 0. The van der Waals surface area contributed by atoms with Gasteiger partial charge in [0.1, 0.15) is 0 Å². The smallest absolute Gasteiger partial charge is 0.243 e. The van der Waals surface area contributed by atoms with Gasteiger partial charge >= 0.3 is 0 Å². The molecule has 4 nitrogen and oxygen atoms in total. The number of methoxy groups -OCH3 is 1. The number of sulfonamides is 1. The summed E-state index contributed by atoms with van der Waals surface area (Å²) in [6.45, 7) is 11.0. The number of rotatable bonds is 3. The fourth-order valence-electron chi connectivity index (χ4n) is 3.29. The Morgan fingerprint density at radius 2 is 1.27 bits per heavy atom. The second-order valence-electron chi connectivity index (χ2n) is 6.29. The molecule has 0 atom stereocenters. The maximum Gasteiger partial charge on any atom is 0.243 e. The van der Waals surface area contributed by atoms with Crippen molar-refractivity contribution in [2.45, 2.75) is 58.5 Å². The van der Waals surface area contributed by atoms with Gasteiger partial charge < -0.3 is 4.74 Å². The first kappa shape index (κ1) is 17.4. The molecule has 0 saturated carbocycles. The van der Waals surface area contributed by atoms with E-state index in [0.29, 0.717) is 18.0 Å². The van der Waals surface area contributed by atoms with Crippen molar-refractivity contribution in [3.05, 3.63) is 27.8 Å². The standard InChI is InChI=1S/C17H27NO3S/c1-11-12(2)14(4)17(15(5)13(11)3)22(19,20)18-9-7-16(21-6)8-10-18/h16H,7-10H2,1-6H3. The Balaban J connectivity index is 2.47. The van der Waals surface area contributed by atoms with Crippen LogP contribution in [0.5, 0.6) is 0 Å². The molecule has 5 heteroatoms. The van der Waals surface area contributed by atoms with E-state index in [0.717, 1.165) is 35.1 Å². The Morgan fingerprint density at radius 1 is 0.864 bits per heavy atom. The Bertz CT molecular complexity index is 643. The molecule has 0 radical (unpaired) electrons. The van der Waals surface area contributed by atoms with Crippen molar-refractivity contribution in [1.82, 2.24) is 4.31 Å². The average molecular weight is 325 g/mol. The van der Waals surface area contributed by atoms with E-state index in [2.05, 4.69) is 6.92 Å². The lowest BCUT2D eigenvalue weighted by Gasteiger charge is -2.32. The van der Waals surface area contributed by atoms with E-state index >= 15 is 0 Å². The predicted octanol–water partition coefficient (Wildman–Crippen LogP) is 3.03. The maximum atomic E-state index is 13.1. The Morgan fingerprint density at radius 3 is 1.68 bits per heavy atom. The van der Waals surface area contributed by atoms with Crippen molar-refractivity contribution >= 4 is 10.0 Å². The molecule has 22 heavy (non-hydrogen) atoms. The zero-order valence-corrected chi connectivity index (χ0v) is 15.3. The third-order valence-corrected chi connectivity index (χ3v) is 7.44. The number of piperidine rings is 1. The average Bonchev–Trinajstić information content (AvgIpc) is 2.51. The lowest BCUT2D eigenvalue weighted by Crippen LogP contribution is -2.41. The molecule has 124 valence electrons. The van der Waals surface area contributed by atoms with Gasteiger partial charge in [0.15, 0.2) is 0 Å². The fourth-order valence-corrected chi connectivity index (χ4v) is 5.32. The van der Waals surface area contributed by atoms with E-state index in [1.54, 1.807) is 11.4 Å². The Kier molecular flexibility index (Phi) is 5.00. The van der Waals surface area contributed by atoms with Crippen molar-refractivity contribution in [3.63, 3.8) is 0 Å². The zero-order chi connectivity index (χ0) is 16.7. The third kappa shape index (κ3) is 2.82. The van der Waals surface area contributed by atoms with Crippen molar-refractivity contribution in [2.24, 2.45) is 0 Å². The van der Waals surface area contributed by atoms with Crippen LogP contribution in [0.2, 0.25) is 0 Å². The number of hydrogen-bond acceptors (Lipinski definition) is 3. The van der Waals surface area contributed by atoms with Crippen molar-refractivity contribution < 1.29 is 13.2 Å². The van der Waals surface area contributed by atoms with Crippen LogP contribution < -0.4 is 0 Å². The van der Waals surface area contributed by atoms with Gasteiger partial charge in [-0.1, -0.05) is 0 Å². The van der Waals surface area contributed by atoms with Crippen LogP contribution in [0, 0.1) is 34.6 Å². The molecule has 0 bridgehead atoms. The van der Waals surface area contributed by atoms with Crippen LogP contribution in [0.3, 0.4) is 0 Å². The molecule has 1 aromatic rings. The van der Waals surface area contributed by atoms with Gasteiger partial charge in [0, 0.05) is 20.2 Å². The van der Waals surface area contributed by atoms with Gasteiger partial charge in [0.05, 0.1) is 11.0 Å². The van der Waals surface area contributed by atoms with Crippen LogP contribution in [0.15, 0.2) is 4.90 Å². The molecular weight excluding hydrogens is 298 g/mol. The van der Waals surface area contributed by atoms with E-state index < -0.39 is 10.0 Å². The predicted molar refractivity (Wildman–Crippen MR) is 88.9 cm³/mol. The molecule has 1 saturated heterocycles. The van der Waals surface area contributed by atoms with Crippen LogP contribution in [-0.2, 0) is 14.8 Å². The first-order valence-electron chi connectivity index (χ1n) is 7.81. The minimum atomic E-state index is -3.44. The minimum absolute atomic E-state index is 0.176. The molecule has 1 aliphatic rings. The summed E-state index contributed by atoms with van der Waals surface area (Å²) in [5, 5.41) is 0. The molecular formula is C17H27NO3S. The van der Waals surface area contributed by atoms with Gasteiger partial charge in [0.2, 0.25) is 10.0 Å². The van der Waals surface area contributed by atoms with E-state index in [1.165, 1.54) is 5.56 Å². The van der Waals surface area contributed by atoms with Gasteiger partial charge in [-0.15, -0.1) is 0 Å². The van der Waals surface area contributed by atoms with Gasteiger partial charge in [-0.2, -0.15) is 4.31 Å². The summed E-state index contributed by atoms with van der Waals surface area (Å²) in [7, 11) is -1.75. The van der Waals surface area contributed by atoms with E-state index in [-0.39, 0.29) is 6.10 Å². The summed E-state index contributed by atoms with van der Waals surface area (Å²) in [6.07, 6.45) is 1.70. The summed E-state index contributed by atoms with van der Waals surface area (Å²) >= 11 is 0. The normalized spacial score (nSPS) is 17.9. The number of nitrogens with zero attached hydrogens (tertiary/aromatic N) is 1. The molecule has 1 heterocycles. The van der Waals surface area contributed by atoms with E-state index in [4.69, 9.17) is 4.74 Å². The molecule has 0 aliphatic carbocycles. The first-order valence-corrected chi connectivity index (χ1v) is 9.25. The molecule has 0 N–H and O–H groups in total. The summed E-state index contributed by atoms with van der Waals surface area (Å²) in [4.78, 5) is 0.504. The highest BCUT2D eigenvalue weighted by molar-refractivity contribution is 7.89. The largest absolute Gasteiger partial charge is 0.381 e. The third-order valence-electron chi connectivity index (χ3n) is 5.26. The van der Waals surface area contributed by atoms with Crippen LogP contribution in [-0.4, -0.2) is 39.0 Å². The summed E-state index contributed by atoms with van der Waals surface area (Å²) < 4.78 is 33.2. The lowest BCUT2D eigenvalue weighted by atomic mass is 9.95. The number of benzene rings is 1. The second kappa shape index (κ2) is 6.30. The van der Waals surface area contributed by atoms with Crippen molar-refractivity contribution in [3.8, 4) is 0 Å². The summed E-state index contributed by atoms with van der Waals surface area (Å²) in [5.41, 5.74) is 5.11. The molecule has 0 unspecified atom stereocenters.